The monoisotopic (exact) mass is 348 g/mol. The van der Waals surface area contributed by atoms with E-state index in [1.54, 1.807) is 6.08 Å². The van der Waals surface area contributed by atoms with E-state index >= 15 is 0 Å². The Bertz CT molecular complexity index is 677. The second-order valence-electron chi connectivity index (χ2n) is 6.11. The third kappa shape index (κ3) is 4.41. The molecule has 0 aromatic heterocycles. The Morgan fingerprint density at radius 3 is 2.57 bits per heavy atom. The number of hydrogen-bond acceptors (Lipinski definition) is 2. The maximum atomic E-state index is 12.3. The zero-order chi connectivity index (χ0) is 17.0. The standard InChI is InChI=1S/C19H18Cl2O2/c1-4-13(10-14-8-6-5-7-9-14)12-23-18(22)17-15(11-16(20)21)19(17,2)3/h1,5-11,15,17H,12H2,2-3H3. The molecule has 2 nitrogen and oxygen atoms in total. The van der Waals surface area contributed by atoms with E-state index in [-0.39, 0.29) is 34.3 Å². The first-order valence-electron chi connectivity index (χ1n) is 7.28. The van der Waals surface area contributed by atoms with E-state index in [2.05, 4.69) is 5.92 Å². The van der Waals surface area contributed by atoms with Gasteiger partial charge in [-0.25, -0.2) is 0 Å². The first-order valence-corrected chi connectivity index (χ1v) is 8.03. The molecule has 0 aliphatic heterocycles. The molecule has 0 radical (unpaired) electrons. The molecule has 0 saturated heterocycles. The predicted molar refractivity (Wildman–Crippen MR) is 94.8 cm³/mol. The molecule has 1 aliphatic rings. The van der Waals surface area contributed by atoms with Crippen molar-refractivity contribution in [1.29, 1.82) is 0 Å². The summed E-state index contributed by atoms with van der Waals surface area (Å²) in [4.78, 5) is 12.3. The first-order chi connectivity index (χ1) is 10.9. The van der Waals surface area contributed by atoms with Gasteiger partial charge in [-0.3, -0.25) is 4.79 Å². The molecule has 0 amide bonds. The van der Waals surface area contributed by atoms with E-state index < -0.39 is 0 Å². The van der Waals surface area contributed by atoms with E-state index in [1.807, 2.05) is 50.3 Å². The molecule has 0 N–H and O–H groups in total. The fourth-order valence-corrected chi connectivity index (χ4v) is 2.96. The van der Waals surface area contributed by atoms with Gasteiger partial charge < -0.3 is 4.74 Å². The van der Waals surface area contributed by atoms with Gasteiger partial charge in [-0.1, -0.05) is 73.3 Å². The molecular weight excluding hydrogens is 331 g/mol. The molecule has 23 heavy (non-hydrogen) atoms. The second kappa shape index (κ2) is 7.25. The van der Waals surface area contributed by atoms with Crippen LogP contribution in [0.15, 0.2) is 46.5 Å². The van der Waals surface area contributed by atoms with E-state index in [1.165, 1.54) is 0 Å². The number of hydrogen-bond donors (Lipinski definition) is 0. The smallest absolute Gasteiger partial charge is 0.310 e. The van der Waals surface area contributed by atoms with Crippen molar-refractivity contribution in [3.63, 3.8) is 0 Å². The van der Waals surface area contributed by atoms with Crippen molar-refractivity contribution >= 4 is 35.2 Å². The fraction of sp³-hybridized carbons (Fsp3) is 0.316. The van der Waals surface area contributed by atoms with Crippen molar-refractivity contribution in [2.75, 3.05) is 6.61 Å². The van der Waals surface area contributed by atoms with Crippen LogP contribution in [0.2, 0.25) is 0 Å². The molecule has 1 aliphatic carbocycles. The molecule has 1 aromatic rings. The number of esters is 1. The van der Waals surface area contributed by atoms with E-state index in [0.29, 0.717) is 5.57 Å². The highest BCUT2D eigenvalue weighted by Gasteiger charge is 2.61. The van der Waals surface area contributed by atoms with Gasteiger partial charge in [-0.15, -0.1) is 6.42 Å². The lowest BCUT2D eigenvalue weighted by molar-refractivity contribution is -0.145. The Kier molecular flexibility index (Phi) is 5.57. The van der Waals surface area contributed by atoms with Crippen molar-refractivity contribution in [1.82, 2.24) is 0 Å². The average Bonchev–Trinajstić information content (AvgIpc) is 3.04. The lowest BCUT2D eigenvalue weighted by Crippen LogP contribution is -2.12. The van der Waals surface area contributed by atoms with Crippen LogP contribution in [-0.2, 0) is 9.53 Å². The topological polar surface area (TPSA) is 26.3 Å². The normalized spacial score (nSPS) is 22.0. The van der Waals surface area contributed by atoms with Crippen molar-refractivity contribution in [2.24, 2.45) is 17.3 Å². The van der Waals surface area contributed by atoms with Crippen LogP contribution in [0.3, 0.4) is 0 Å². The maximum absolute atomic E-state index is 12.3. The SMILES string of the molecule is C#CC(=Cc1ccccc1)COC(=O)C1C(C=C(Cl)Cl)C1(C)C. The van der Waals surface area contributed by atoms with E-state index in [4.69, 9.17) is 34.4 Å². The van der Waals surface area contributed by atoms with Crippen LogP contribution in [0.5, 0.6) is 0 Å². The summed E-state index contributed by atoms with van der Waals surface area (Å²) in [6, 6.07) is 9.65. The van der Waals surface area contributed by atoms with Crippen molar-refractivity contribution in [3.8, 4) is 12.3 Å². The van der Waals surface area contributed by atoms with Crippen LogP contribution in [0.4, 0.5) is 0 Å². The number of benzene rings is 1. The average molecular weight is 349 g/mol. The molecule has 1 saturated carbocycles. The number of halogens is 2. The minimum atomic E-state index is -0.278. The number of allylic oxidation sites excluding steroid dienone is 1. The van der Waals surface area contributed by atoms with Gasteiger partial charge in [0.1, 0.15) is 11.1 Å². The molecule has 0 bridgehead atoms. The molecule has 2 rings (SSSR count). The van der Waals surface area contributed by atoms with Crippen LogP contribution in [0.25, 0.3) is 6.08 Å². The summed E-state index contributed by atoms with van der Waals surface area (Å²) in [6.07, 6.45) is 9.01. The van der Waals surface area contributed by atoms with Gasteiger partial charge in [-0.2, -0.15) is 0 Å². The van der Waals surface area contributed by atoms with Crippen molar-refractivity contribution in [3.05, 3.63) is 52.0 Å². The lowest BCUT2D eigenvalue weighted by atomic mass is 10.1. The van der Waals surface area contributed by atoms with Gasteiger partial charge in [0.25, 0.3) is 0 Å². The van der Waals surface area contributed by atoms with Crippen molar-refractivity contribution in [2.45, 2.75) is 13.8 Å². The predicted octanol–water partition coefficient (Wildman–Crippen LogP) is 4.84. The molecule has 1 aromatic carbocycles. The zero-order valence-corrected chi connectivity index (χ0v) is 14.6. The number of rotatable bonds is 5. The van der Waals surface area contributed by atoms with Gasteiger partial charge in [0.2, 0.25) is 0 Å². The largest absolute Gasteiger partial charge is 0.460 e. The summed E-state index contributed by atoms with van der Waals surface area (Å²) in [5.74, 6) is 2.03. The van der Waals surface area contributed by atoms with Crippen molar-refractivity contribution < 1.29 is 9.53 Å². The lowest BCUT2D eigenvalue weighted by Gasteiger charge is -2.06. The summed E-state index contributed by atoms with van der Waals surface area (Å²) >= 11 is 11.4. The fourth-order valence-electron chi connectivity index (χ4n) is 2.69. The number of carbonyl (C=O) groups is 1. The second-order valence-corrected chi connectivity index (χ2v) is 7.12. The number of ether oxygens (including phenoxy) is 1. The molecule has 120 valence electrons. The van der Waals surface area contributed by atoms with Gasteiger partial charge >= 0.3 is 5.97 Å². The Labute approximate surface area is 147 Å². The summed E-state index contributed by atoms with van der Waals surface area (Å²) in [5, 5.41) is 0. The molecular formula is C19H18Cl2O2. The highest BCUT2D eigenvalue weighted by molar-refractivity contribution is 6.55. The molecule has 0 heterocycles. The Morgan fingerprint density at radius 2 is 2.00 bits per heavy atom. The molecule has 4 heteroatoms. The van der Waals surface area contributed by atoms with E-state index in [0.717, 1.165) is 5.56 Å². The third-order valence-corrected chi connectivity index (χ3v) is 4.42. The summed E-state index contributed by atoms with van der Waals surface area (Å²) in [5.41, 5.74) is 1.38. The van der Waals surface area contributed by atoms with Gasteiger partial charge in [0, 0.05) is 5.57 Å². The van der Waals surface area contributed by atoms with Crippen LogP contribution in [0.1, 0.15) is 19.4 Å². The highest BCUT2D eigenvalue weighted by atomic mass is 35.5. The first kappa shape index (κ1) is 17.7. The van der Waals surface area contributed by atoms with Crippen LogP contribution in [0, 0.1) is 29.6 Å². The van der Waals surface area contributed by atoms with Gasteiger partial charge in [0.05, 0.1) is 5.92 Å². The minimum Gasteiger partial charge on any atom is -0.460 e. The number of terminal acetylenes is 1. The Balaban J connectivity index is 1.98. The summed E-state index contributed by atoms with van der Waals surface area (Å²) in [6.45, 7) is 4.05. The highest BCUT2D eigenvalue weighted by Crippen LogP contribution is 2.60. The minimum absolute atomic E-state index is 0.00705. The molecule has 1 fully saturated rings. The molecule has 0 spiro atoms. The van der Waals surface area contributed by atoms with E-state index in [9.17, 15) is 4.79 Å². The van der Waals surface area contributed by atoms with Gasteiger partial charge in [-0.05, 0) is 29.0 Å². The van der Waals surface area contributed by atoms with Crippen LogP contribution < -0.4 is 0 Å². The van der Waals surface area contributed by atoms with Crippen LogP contribution in [-0.4, -0.2) is 12.6 Å². The summed E-state index contributed by atoms with van der Waals surface area (Å²) in [7, 11) is 0. The molecule has 2 atom stereocenters. The maximum Gasteiger partial charge on any atom is 0.310 e. The van der Waals surface area contributed by atoms with Gasteiger partial charge in [0.15, 0.2) is 0 Å². The quantitative estimate of drug-likeness (QED) is 0.562. The summed E-state index contributed by atoms with van der Waals surface area (Å²) < 4.78 is 5.55. The Hall–Kier alpha value is -1.69. The Morgan fingerprint density at radius 1 is 1.35 bits per heavy atom. The zero-order valence-electron chi connectivity index (χ0n) is 13.1. The van der Waals surface area contributed by atoms with Crippen LogP contribution >= 0.6 is 23.2 Å². The number of carbonyl (C=O) groups excluding carboxylic acids is 1. The molecule has 2 unspecified atom stereocenters. The third-order valence-electron chi connectivity index (χ3n) is 4.17.